The first-order chi connectivity index (χ1) is 27.8. The van der Waals surface area contributed by atoms with Gasteiger partial charge in [-0.15, -0.1) is 34.4 Å². The van der Waals surface area contributed by atoms with E-state index in [1.165, 1.54) is 23.1 Å². The molecule has 57 heavy (non-hydrogen) atoms. The number of thioether (sulfide) groups is 1. The molecule has 0 aliphatic carbocycles. The lowest BCUT2D eigenvalue weighted by atomic mass is 9.94. The van der Waals surface area contributed by atoms with E-state index >= 15 is 0 Å². The number of ether oxygens (including phenoxy) is 1. The lowest BCUT2D eigenvalue weighted by Crippen LogP contribution is -2.43. The zero-order valence-electron chi connectivity index (χ0n) is 30.8. The van der Waals surface area contributed by atoms with Crippen LogP contribution in [0.15, 0.2) is 156 Å². The van der Waals surface area contributed by atoms with Crippen LogP contribution in [0.4, 0.5) is 17.1 Å². The second-order valence-corrected chi connectivity index (χ2v) is 16.7. The molecule has 0 N–H and O–H groups in total. The Morgan fingerprint density at radius 1 is 0.772 bits per heavy atom. The number of thiocarbonyl (C=S) groups is 1. The van der Waals surface area contributed by atoms with E-state index in [1.54, 1.807) is 24.3 Å². The highest BCUT2D eigenvalue weighted by Crippen LogP contribution is 2.40. The number of nitrogens with zero attached hydrogens (tertiary/aromatic N) is 3. The predicted molar refractivity (Wildman–Crippen MR) is 237 cm³/mol. The van der Waals surface area contributed by atoms with Crippen LogP contribution in [-0.2, 0) is 19.1 Å². The van der Waals surface area contributed by atoms with Gasteiger partial charge in [0.1, 0.15) is 11.6 Å². The third-order valence-corrected chi connectivity index (χ3v) is 13.0. The molecule has 2 amide bonds. The normalized spacial score (nSPS) is 13.5. The molecule has 282 valence electrons. The third kappa shape index (κ3) is 9.22. The van der Waals surface area contributed by atoms with Crippen LogP contribution in [-0.4, -0.2) is 45.8 Å². The smallest absolute Gasteiger partial charge is 0.316 e. The van der Waals surface area contributed by atoms with Crippen molar-refractivity contribution >= 4 is 91.8 Å². The van der Waals surface area contributed by atoms with Gasteiger partial charge in [-0.1, -0.05) is 91.1 Å². The van der Waals surface area contributed by atoms with Gasteiger partial charge in [0.2, 0.25) is 0 Å². The number of para-hydroxylation sites is 2. The first kappa shape index (κ1) is 39.3. The van der Waals surface area contributed by atoms with E-state index in [0.29, 0.717) is 9.77 Å². The van der Waals surface area contributed by atoms with Gasteiger partial charge in [0.15, 0.2) is 0 Å². The number of carbonyl (C=O) groups is 3. The van der Waals surface area contributed by atoms with Crippen molar-refractivity contribution in [3.63, 3.8) is 0 Å². The highest BCUT2D eigenvalue weighted by molar-refractivity contribution is 8.24. The Labute approximate surface area is 349 Å². The summed E-state index contributed by atoms with van der Waals surface area (Å²) in [4.78, 5) is 46.6. The van der Waals surface area contributed by atoms with Crippen LogP contribution < -0.4 is 4.90 Å². The van der Waals surface area contributed by atoms with Gasteiger partial charge in [0.25, 0.3) is 11.8 Å². The summed E-state index contributed by atoms with van der Waals surface area (Å²) < 4.78 is 5.94. The summed E-state index contributed by atoms with van der Waals surface area (Å²) in [6, 6.07) is 48.8. The zero-order chi connectivity index (χ0) is 39.7. The standard InChI is InChI=1S/C46H35N3O4S4/c1-31-38(44(51)48(45(52)39(31)29-47)26-11-27-53-43(50)30-55-46(54)33-12-5-2-6-13-33)28-37-22-23-41(56-37)42-25-24-40(57-42)32-18-20-36(21-19-32)49(34-14-7-3-8-15-34)35-16-9-4-10-17-35/h2-10,12-25,28H,11,26-27,30H2,1H3. The van der Waals surface area contributed by atoms with E-state index in [-0.39, 0.29) is 36.5 Å². The molecule has 1 aliphatic rings. The van der Waals surface area contributed by atoms with E-state index in [0.717, 1.165) is 52.6 Å². The number of esters is 1. The quantitative estimate of drug-likeness (QED) is 0.0374. The maximum Gasteiger partial charge on any atom is 0.316 e. The molecule has 0 bridgehead atoms. The second-order valence-electron chi connectivity index (χ2n) is 12.9. The minimum absolute atomic E-state index is 0.00149. The summed E-state index contributed by atoms with van der Waals surface area (Å²) in [6.07, 6.45) is 1.97. The van der Waals surface area contributed by atoms with E-state index in [9.17, 15) is 19.6 Å². The Morgan fingerprint density at radius 3 is 2.00 bits per heavy atom. The predicted octanol–water partition coefficient (Wildman–Crippen LogP) is 11.2. The van der Waals surface area contributed by atoms with Crippen molar-refractivity contribution in [2.75, 3.05) is 23.8 Å². The molecule has 0 fully saturated rings. The lowest BCUT2D eigenvalue weighted by molar-refractivity contribution is -0.141. The van der Waals surface area contributed by atoms with E-state index in [1.807, 2.05) is 84.9 Å². The summed E-state index contributed by atoms with van der Waals surface area (Å²) in [6.45, 7) is 1.64. The maximum atomic E-state index is 13.7. The van der Waals surface area contributed by atoms with Crippen LogP contribution >= 0.6 is 46.7 Å². The highest BCUT2D eigenvalue weighted by atomic mass is 32.2. The minimum Gasteiger partial charge on any atom is -0.465 e. The van der Waals surface area contributed by atoms with Crippen molar-refractivity contribution in [2.24, 2.45) is 0 Å². The van der Waals surface area contributed by atoms with Gasteiger partial charge in [-0.25, -0.2) is 0 Å². The Hall–Kier alpha value is -5.90. The number of thiophene rings is 2. The summed E-state index contributed by atoms with van der Waals surface area (Å²) in [7, 11) is 0. The summed E-state index contributed by atoms with van der Waals surface area (Å²) in [5, 5.41) is 9.87. The van der Waals surface area contributed by atoms with Crippen molar-refractivity contribution in [1.82, 2.24) is 4.90 Å². The topological polar surface area (TPSA) is 90.7 Å². The molecular weight excluding hydrogens is 787 g/mol. The largest absolute Gasteiger partial charge is 0.465 e. The van der Waals surface area contributed by atoms with Crippen molar-refractivity contribution < 1.29 is 19.1 Å². The average Bonchev–Trinajstić information content (AvgIpc) is 3.94. The first-order valence-electron chi connectivity index (χ1n) is 18.1. The molecule has 0 saturated heterocycles. The van der Waals surface area contributed by atoms with Crippen molar-refractivity contribution in [3.05, 3.63) is 167 Å². The Balaban J connectivity index is 1.00. The number of anilines is 3. The van der Waals surface area contributed by atoms with E-state index in [2.05, 4.69) is 65.6 Å². The minimum atomic E-state index is -0.647. The van der Waals surface area contributed by atoms with Crippen LogP contribution in [0.25, 0.3) is 26.3 Å². The SMILES string of the molecule is CC1=C(C#N)C(=O)N(CCCOC(=O)CSC(=S)c2ccccc2)C(=O)C1=Cc1ccc(-c2ccc(-c3ccc(N(c4ccccc4)c4ccccc4)cc3)s2)s1. The van der Waals surface area contributed by atoms with Crippen molar-refractivity contribution in [3.8, 4) is 26.3 Å². The monoisotopic (exact) mass is 821 g/mol. The molecule has 6 aromatic rings. The van der Waals surface area contributed by atoms with Gasteiger partial charge in [-0.2, -0.15) is 5.26 Å². The van der Waals surface area contributed by atoms with Gasteiger partial charge in [-0.05, 0) is 96.8 Å². The number of amides is 2. The van der Waals surface area contributed by atoms with Crippen LogP contribution in [0.3, 0.4) is 0 Å². The molecule has 11 heteroatoms. The number of nitriles is 1. The van der Waals surface area contributed by atoms with E-state index in [4.69, 9.17) is 17.0 Å². The Morgan fingerprint density at radius 2 is 1.35 bits per heavy atom. The van der Waals surface area contributed by atoms with Crippen LogP contribution in [0, 0.1) is 11.3 Å². The van der Waals surface area contributed by atoms with Crippen molar-refractivity contribution in [1.29, 1.82) is 5.26 Å². The van der Waals surface area contributed by atoms with Gasteiger partial charge < -0.3 is 9.64 Å². The number of rotatable bonds is 13. The molecule has 1 aliphatic heterocycles. The summed E-state index contributed by atoms with van der Waals surface area (Å²) >= 11 is 9.83. The van der Waals surface area contributed by atoms with Crippen LogP contribution in [0.2, 0.25) is 0 Å². The summed E-state index contributed by atoms with van der Waals surface area (Å²) in [5.74, 6) is -1.52. The molecular formula is C46H35N3O4S4. The number of hydrogen-bond donors (Lipinski definition) is 0. The van der Waals surface area contributed by atoms with Crippen molar-refractivity contribution in [2.45, 2.75) is 13.3 Å². The molecule has 7 rings (SSSR count). The molecule has 0 unspecified atom stereocenters. The van der Waals surface area contributed by atoms with Gasteiger partial charge in [-0.3, -0.25) is 19.3 Å². The molecule has 4 aromatic carbocycles. The Bertz CT molecular complexity index is 2480. The fourth-order valence-electron chi connectivity index (χ4n) is 6.27. The van der Waals surface area contributed by atoms with Gasteiger partial charge >= 0.3 is 5.97 Å². The first-order valence-corrected chi connectivity index (χ1v) is 21.1. The third-order valence-electron chi connectivity index (χ3n) is 9.15. The molecule has 0 radical (unpaired) electrons. The molecule has 2 aromatic heterocycles. The van der Waals surface area contributed by atoms with Crippen LogP contribution in [0.1, 0.15) is 23.8 Å². The number of carbonyl (C=O) groups excluding carboxylic acids is 3. The molecule has 7 nitrogen and oxygen atoms in total. The average molecular weight is 822 g/mol. The zero-order valence-corrected chi connectivity index (χ0v) is 34.1. The number of hydrogen-bond acceptors (Lipinski definition) is 10. The Kier molecular flexibility index (Phi) is 12.7. The van der Waals surface area contributed by atoms with E-state index < -0.39 is 17.8 Å². The maximum absolute atomic E-state index is 13.7. The fraction of sp³-hybridized carbons (Fsp3) is 0.109. The second kappa shape index (κ2) is 18.4. The molecule has 0 atom stereocenters. The number of benzene rings is 4. The highest BCUT2D eigenvalue weighted by Gasteiger charge is 2.35. The molecule has 0 spiro atoms. The number of imide groups is 1. The van der Waals surface area contributed by atoms with Crippen LogP contribution in [0.5, 0.6) is 0 Å². The van der Waals surface area contributed by atoms with Gasteiger partial charge in [0.05, 0.1) is 16.6 Å². The van der Waals surface area contributed by atoms with Gasteiger partial charge in [0, 0.05) is 48.7 Å². The fourth-order valence-corrected chi connectivity index (χ4v) is 9.27. The lowest BCUT2D eigenvalue weighted by Gasteiger charge is -2.27. The molecule has 3 heterocycles. The summed E-state index contributed by atoms with van der Waals surface area (Å²) in [5.41, 5.74) is 5.74. The molecule has 0 saturated carbocycles.